The van der Waals surface area contributed by atoms with Crippen molar-refractivity contribution in [2.75, 3.05) is 24.5 Å². The quantitative estimate of drug-likeness (QED) is 0.365. The summed E-state index contributed by atoms with van der Waals surface area (Å²) in [4.78, 5) is 11.5. The molecule has 1 aliphatic heterocycles. The van der Waals surface area contributed by atoms with Gasteiger partial charge in [-0.1, -0.05) is 30.3 Å². The molecule has 2 aliphatic rings. The highest BCUT2D eigenvalue weighted by Gasteiger charge is 2.40. The molecule has 0 bridgehead atoms. The standard InChI is InChI=1S/C23H31N5.HI/c1-3-24-23(27-21-16-20(21)19-9-5-4-8-17(19)2)26-18-11-14-28(15-12-18)22-10-6-7-13-25-22;/h4-10,13,18,20-21H,3,11-12,14-16H2,1-2H3,(H2,24,26,27);1H. The van der Waals surface area contributed by atoms with Crippen LogP contribution in [0.1, 0.15) is 43.2 Å². The van der Waals surface area contributed by atoms with E-state index in [-0.39, 0.29) is 24.0 Å². The van der Waals surface area contributed by atoms with Crippen molar-refractivity contribution >= 4 is 35.8 Å². The highest BCUT2D eigenvalue weighted by Crippen LogP contribution is 2.42. The van der Waals surface area contributed by atoms with Crippen LogP contribution in [0.25, 0.3) is 0 Å². The molecule has 5 nitrogen and oxygen atoms in total. The van der Waals surface area contributed by atoms with Crippen LogP contribution < -0.4 is 15.5 Å². The summed E-state index contributed by atoms with van der Waals surface area (Å²) < 4.78 is 0. The molecule has 156 valence electrons. The van der Waals surface area contributed by atoms with Gasteiger partial charge in [-0.25, -0.2) is 4.98 Å². The van der Waals surface area contributed by atoms with Gasteiger partial charge in [-0.15, -0.1) is 24.0 Å². The molecule has 29 heavy (non-hydrogen) atoms. The number of hydrogen-bond acceptors (Lipinski definition) is 3. The molecular formula is C23H32IN5. The maximum atomic E-state index is 4.69. The molecule has 0 amide bonds. The van der Waals surface area contributed by atoms with Gasteiger partial charge < -0.3 is 15.5 Å². The summed E-state index contributed by atoms with van der Waals surface area (Å²) in [5, 5.41) is 7.35. The Balaban J connectivity index is 0.00000240. The Hall–Kier alpha value is -1.83. The number of pyridine rings is 1. The summed E-state index contributed by atoms with van der Waals surface area (Å²) in [5.74, 6) is 2.66. The fourth-order valence-electron chi connectivity index (χ4n) is 4.15. The highest BCUT2D eigenvalue weighted by molar-refractivity contribution is 14.0. The topological polar surface area (TPSA) is 52.6 Å². The zero-order valence-corrected chi connectivity index (χ0v) is 19.7. The molecule has 1 aromatic carbocycles. The van der Waals surface area contributed by atoms with Gasteiger partial charge in [-0.3, -0.25) is 4.99 Å². The van der Waals surface area contributed by atoms with E-state index in [9.17, 15) is 0 Å². The van der Waals surface area contributed by atoms with E-state index in [1.807, 2.05) is 12.3 Å². The molecule has 2 aromatic rings. The lowest BCUT2D eigenvalue weighted by molar-refractivity contribution is 0.459. The number of halogens is 1. The fourth-order valence-corrected chi connectivity index (χ4v) is 4.15. The largest absolute Gasteiger partial charge is 0.356 e. The number of nitrogens with one attached hydrogen (secondary N) is 2. The van der Waals surface area contributed by atoms with Crippen molar-refractivity contribution in [2.45, 2.75) is 51.1 Å². The minimum absolute atomic E-state index is 0. The van der Waals surface area contributed by atoms with E-state index in [0.29, 0.717) is 18.0 Å². The van der Waals surface area contributed by atoms with Gasteiger partial charge in [0.05, 0.1) is 0 Å². The van der Waals surface area contributed by atoms with Gasteiger partial charge in [0.2, 0.25) is 0 Å². The summed E-state index contributed by atoms with van der Waals surface area (Å²) in [5.41, 5.74) is 2.86. The summed E-state index contributed by atoms with van der Waals surface area (Å²) in [6.07, 6.45) is 5.27. The lowest BCUT2D eigenvalue weighted by atomic mass is 10.0. The Kier molecular flexibility index (Phi) is 7.75. The second-order valence-electron chi connectivity index (χ2n) is 7.87. The molecule has 2 N–H and O–H groups in total. The number of guanidine groups is 1. The SMILES string of the molecule is CCN=C(NC1CCN(c2ccccn2)CC1)NC1CC1c1ccccc1C.I. The van der Waals surface area contributed by atoms with E-state index >= 15 is 0 Å². The molecule has 6 heteroatoms. The van der Waals surface area contributed by atoms with Crippen molar-refractivity contribution in [3.8, 4) is 0 Å². The Morgan fingerprint density at radius 3 is 2.55 bits per heavy atom. The monoisotopic (exact) mass is 505 g/mol. The maximum Gasteiger partial charge on any atom is 0.191 e. The lowest BCUT2D eigenvalue weighted by Crippen LogP contribution is -2.49. The number of aliphatic imine (C=N–C) groups is 1. The third kappa shape index (κ3) is 5.62. The number of benzene rings is 1. The Morgan fingerprint density at radius 1 is 1.10 bits per heavy atom. The second-order valence-corrected chi connectivity index (χ2v) is 7.87. The minimum atomic E-state index is 0. The highest BCUT2D eigenvalue weighted by atomic mass is 127. The molecule has 1 aromatic heterocycles. The predicted molar refractivity (Wildman–Crippen MR) is 131 cm³/mol. The predicted octanol–water partition coefficient (Wildman–Crippen LogP) is 4.09. The van der Waals surface area contributed by atoms with E-state index < -0.39 is 0 Å². The fraction of sp³-hybridized carbons (Fsp3) is 0.478. The van der Waals surface area contributed by atoms with Crippen molar-refractivity contribution in [1.82, 2.24) is 15.6 Å². The third-order valence-electron chi connectivity index (χ3n) is 5.83. The summed E-state index contributed by atoms with van der Waals surface area (Å²) in [6.45, 7) is 7.16. The third-order valence-corrected chi connectivity index (χ3v) is 5.83. The summed E-state index contributed by atoms with van der Waals surface area (Å²) in [7, 11) is 0. The van der Waals surface area contributed by atoms with Crippen molar-refractivity contribution in [3.63, 3.8) is 0 Å². The van der Waals surface area contributed by atoms with Gasteiger partial charge in [0, 0.05) is 43.8 Å². The van der Waals surface area contributed by atoms with Crippen molar-refractivity contribution in [3.05, 3.63) is 59.8 Å². The van der Waals surface area contributed by atoms with Crippen molar-refractivity contribution < 1.29 is 0 Å². The van der Waals surface area contributed by atoms with Gasteiger partial charge in [0.1, 0.15) is 5.82 Å². The van der Waals surface area contributed by atoms with E-state index in [2.05, 4.69) is 70.8 Å². The molecule has 1 saturated carbocycles. The van der Waals surface area contributed by atoms with Crippen LogP contribution in [0.5, 0.6) is 0 Å². The molecule has 4 rings (SSSR count). The molecule has 2 fully saturated rings. The first-order valence-electron chi connectivity index (χ1n) is 10.5. The Labute approximate surface area is 191 Å². The maximum absolute atomic E-state index is 4.69. The Bertz CT molecular complexity index is 802. The van der Waals surface area contributed by atoms with Gasteiger partial charge in [0.25, 0.3) is 0 Å². The first kappa shape index (κ1) is 21.9. The first-order chi connectivity index (χ1) is 13.7. The molecule has 1 saturated heterocycles. The van der Waals surface area contributed by atoms with Gasteiger partial charge in [-0.2, -0.15) is 0 Å². The normalized spacial score (nSPS) is 22.0. The first-order valence-corrected chi connectivity index (χ1v) is 10.5. The molecule has 2 atom stereocenters. The van der Waals surface area contributed by atoms with E-state index in [4.69, 9.17) is 4.99 Å². The van der Waals surface area contributed by atoms with Crippen LogP contribution in [0.4, 0.5) is 5.82 Å². The minimum Gasteiger partial charge on any atom is -0.356 e. The number of aromatic nitrogens is 1. The summed E-state index contributed by atoms with van der Waals surface area (Å²) >= 11 is 0. The van der Waals surface area contributed by atoms with Crippen LogP contribution in [0.3, 0.4) is 0 Å². The van der Waals surface area contributed by atoms with Crippen LogP contribution in [-0.4, -0.2) is 42.7 Å². The molecule has 0 spiro atoms. The smallest absolute Gasteiger partial charge is 0.191 e. The average molecular weight is 505 g/mol. The number of nitrogens with zero attached hydrogens (tertiary/aromatic N) is 3. The number of hydrogen-bond donors (Lipinski definition) is 2. The second kappa shape index (κ2) is 10.3. The van der Waals surface area contributed by atoms with Crippen LogP contribution in [0.15, 0.2) is 53.7 Å². The molecule has 1 aliphatic carbocycles. The molecule has 2 heterocycles. The Morgan fingerprint density at radius 2 is 1.86 bits per heavy atom. The van der Waals surface area contributed by atoms with Gasteiger partial charge in [0.15, 0.2) is 5.96 Å². The van der Waals surface area contributed by atoms with Crippen molar-refractivity contribution in [1.29, 1.82) is 0 Å². The lowest BCUT2D eigenvalue weighted by Gasteiger charge is -2.33. The molecular weight excluding hydrogens is 473 g/mol. The number of anilines is 1. The van der Waals surface area contributed by atoms with Crippen LogP contribution in [0, 0.1) is 6.92 Å². The zero-order valence-electron chi connectivity index (χ0n) is 17.3. The van der Waals surface area contributed by atoms with Crippen molar-refractivity contribution in [2.24, 2.45) is 4.99 Å². The zero-order chi connectivity index (χ0) is 19.3. The van der Waals surface area contributed by atoms with Crippen LogP contribution >= 0.6 is 24.0 Å². The molecule has 0 radical (unpaired) electrons. The van der Waals surface area contributed by atoms with Gasteiger partial charge in [-0.05, 0) is 56.4 Å². The van der Waals surface area contributed by atoms with Crippen LogP contribution in [0.2, 0.25) is 0 Å². The van der Waals surface area contributed by atoms with Crippen LogP contribution in [-0.2, 0) is 0 Å². The number of piperidine rings is 1. The van der Waals surface area contributed by atoms with Gasteiger partial charge >= 0.3 is 0 Å². The molecule has 2 unspecified atom stereocenters. The summed E-state index contributed by atoms with van der Waals surface area (Å²) in [6, 6.07) is 15.8. The number of rotatable bonds is 5. The van der Waals surface area contributed by atoms with E-state index in [1.165, 1.54) is 17.5 Å². The van der Waals surface area contributed by atoms with E-state index in [0.717, 1.165) is 44.3 Å². The number of aryl methyl sites for hydroxylation is 1. The average Bonchev–Trinajstić information content (AvgIpc) is 3.48. The van der Waals surface area contributed by atoms with E-state index in [1.54, 1.807) is 0 Å².